The first-order valence-corrected chi connectivity index (χ1v) is 10.5. The number of halogens is 1. The molecule has 0 aliphatic carbocycles. The van der Waals surface area contributed by atoms with E-state index in [2.05, 4.69) is 9.97 Å². The van der Waals surface area contributed by atoms with Crippen molar-refractivity contribution in [2.75, 3.05) is 18.8 Å². The van der Waals surface area contributed by atoms with Crippen LogP contribution < -0.4 is 5.73 Å². The summed E-state index contributed by atoms with van der Waals surface area (Å²) in [5, 5.41) is 9.71. The lowest BCUT2D eigenvalue weighted by Gasteiger charge is -2.18. The summed E-state index contributed by atoms with van der Waals surface area (Å²) in [7, 11) is -3.82. The monoisotopic (exact) mass is 414 g/mol. The van der Waals surface area contributed by atoms with E-state index in [4.69, 9.17) is 5.73 Å². The lowest BCUT2D eigenvalue weighted by Crippen LogP contribution is -2.30. The van der Waals surface area contributed by atoms with Gasteiger partial charge in [-0.15, -0.1) is 0 Å². The van der Waals surface area contributed by atoms with E-state index in [0.717, 1.165) is 0 Å². The number of aliphatic hydroxyl groups excluding tert-OH is 1. The molecule has 1 fully saturated rings. The Kier molecular flexibility index (Phi) is 5.03. The van der Waals surface area contributed by atoms with E-state index in [-0.39, 0.29) is 29.4 Å². The number of aromatic nitrogens is 2. The van der Waals surface area contributed by atoms with E-state index >= 15 is 0 Å². The number of nitrogen functional groups attached to an aromatic ring is 1. The van der Waals surface area contributed by atoms with Gasteiger partial charge < -0.3 is 10.8 Å². The highest BCUT2D eigenvalue weighted by atomic mass is 32.2. The van der Waals surface area contributed by atoms with E-state index in [9.17, 15) is 17.9 Å². The third-order valence-electron chi connectivity index (χ3n) is 4.86. The van der Waals surface area contributed by atoms with Crippen LogP contribution in [0.4, 0.5) is 10.2 Å². The van der Waals surface area contributed by atoms with Crippen molar-refractivity contribution in [3.8, 4) is 22.4 Å². The van der Waals surface area contributed by atoms with Crippen LogP contribution in [0, 0.1) is 5.82 Å². The van der Waals surface area contributed by atoms with Crippen molar-refractivity contribution >= 4 is 15.8 Å². The molecule has 3 aromatic rings. The Balaban J connectivity index is 1.75. The summed E-state index contributed by atoms with van der Waals surface area (Å²) in [4.78, 5) is 8.07. The molecule has 2 aromatic carbocycles. The number of hydrogen-bond acceptors (Lipinski definition) is 6. The highest BCUT2D eigenvalue weighted by Crippen LogP contribution is 2.33. The van der Waals surface area contributed by atoms with E-state index in [1.54, 1.807) is 24.3 Å². The second-order valence-electron chi connectivity index (χ2n) is 6.82. The van der Waals surface area contributed by atoms with Crippen LogP contribution in [0.1, 0.15) is 6.42 Å². The third kappa shape index (κ3) is 3.71. The van der Waals surface area contributed by atoms with Crippen LogP contribution in [0.3, 0.4) is 0 Å². The first-order chi connectivity index (χ1) is 13.9. The minimum atomic E-state index is -3.82. The van der Waals surface area contributed by atoms with E-state index in [1.807, 2.05) is 0 Å². The van der Waals surface area contributed by atoms with Crippen molar-refractivity contribution in [3.63, 3.8) is 0 Å². The van der Waals surface area contributed by atoms with Gasteiger partial charge in [0.15, 0.2) is 0 Å². The Morgan fingerprint density at radius 3 is 2.55 bits per heavy atom. The third-order valence-corrected chi connectivity index (χ3v) is 6.78. The summed E-state index contributed by atoms with van der Waals surface area (Å²) < 4.78 is 42.2. The lowest BCUT2D eigenvalue weighted by atomic mass is 10.0. The normalized spacial score (nSPS) is 17.5. The van der Waals surface area contributed by atoms with Gasteiger partial charge in [0.1, 0.15) is 11.6 Å². The van der Waals surface area contributed by atoms with E-state index in [0.29, 0.717) is 23.2 Å². The topological polar surface area (TPSA) is 109 Å². The number of aliphatic hydroxyl groups is 1. The molecule has 0 radical (unpaired) electrons. The average Bonchev–Trinajstić information content (AvgIpc) is 3.16. The number of sulfonamides is 1. The van der Waals surface area contributed by atoms with Crippen LogP contribution in [-0.4, -0.2) is 47.0 Å². The minimum Gasteiger partial charge on any atom is -0.392 e. The van der Waals surface area contributed by atoms with Gasteiger partial charge in [0.2, 0.25) is 10.0 Å². The first-order valence-electron chi connectivity index (χ1n) is 9.01. The quantitative estimate of drug-likeness (QED) is 0.678. The molecule has 0 saturated carbocycles. The molecular formula is C20H19FN4O3S. The molecule has 0 spiro atoms. The second-order valence-corrected chi connectivity index (χ2v) is 8.73. The van der Waals surface area contributed by atoms with Crippen LogP contribution in [-0.2, 0) is 10.0 Å². The Labute approximate surface area is 167 Å². The molecule has 1 aliphatic heterocycles. The van der Waals surface area contributed by atoms with Gasteiger partial charge in [-0.3, -0.25) is 4.98 Å². The SMILES string of the molecule is Nc1cnc(-c2ccc(-c3ccccc3S(=O)(=O)N3CC[C@@H](O)C3)cc2F)cn1. The van der Waals surface area contributed by atoms with Gasteiger partial charge in [-0.05, 0) is 30.2 Å². The number of anilines is 1. The van der Waals surface area contributed by atoms with Gasteiger partial charge in [-0.2, -0.15) is 4.31 Å². The fourth-order valence-corrected chi connectivity index (χ4v) is 5.07. The smallest absolute Gasteiger partial charge is 0.243 e. The molecule has 1 saturated heterocycles. The Hall–Kier alpha value is -2.88. The molecular weight excluding hydrogens is 395 g/mol. The lowest BCUT2D eigenvalue weighted by molar-refractivity contribution is 0.189. The molecule has 150 valence electrons. The number of nitrogens with two attached hydrogens (primary N) is 1. The Bertz CT molecular complexity index is 1150. The largest absolute Gasteiger partial charge is 0.392 e. The molecule has 1 atom stereocenters. The molecule has 1 aliphatic rings. The maximum absolute atomic E-state index is 14.8. The van der Waals surface area contributed by atoms with Crippen molar-refractivity contribution < 1.29 is 17.9 Å². The minimum absolute atomic E-state index is 0.0553. The molecule has 3 N–H and O–H groups in total. The summed E-state index contributed by atoms with van der Waals surface area (Å²) in [5.41, 5.74) is 6.90. The fourth-order valence-electron chi connectivity index (χ4n) is 3.37. The van der Waals surface area contributed by atoms with Gasteiger partial charge in [-0.25, -0.2) is 17.8 Å². The molecule has 0 bridgehead atoms. The van der Waals surface area contributed by atoms with Gasteiger partial charge in [-0.1, -0.05) is 24.3 Å². The van der Waals surface area contributed by atoms with Crippen molar-refractivity contribution in [2.24, 2.45) is 0 Å². The zero-order valence-electron chi connectivity index (χ0n) is 15.4. The van der Waals surface area contributed by atoms with Crippen LogP contribution in [0.5, 0.6) is 0 Å². The van der Waals surface area contributed by atoms with E-state index in [1.165, 1.54) is 34.9 Å². The van der Waals surface area contributed by atoms with Crippen molar-refractivity contribution in [1.82, 2.24) is 14.3 Å². The van der Waals surface area contributed by atoms with Gasteiger partial charge >= 0.3 is 0 Å². The summed E-state index contributed by atoms with van der Waals surface area (Å²) in [5.74, 6) is -0.317. The summed E-state index contributed by atoms with van der Waals surface area (Å²) in [6.45, 7) is 0.306. The number of nitrogens with zero attached hydrogens (tertiary/aromatic N) is 3. The number of benzene rings is 2. The predicted molar refractivity (Wildman–Crippen MR) is 107 cm³/mol. The molecule has 1 aromatic heterocycles. The van der Waals surface area contributed by atoms with Gasteiger partial charge in [0.25, 0.3) is 0 Å². The zero-order valence-corrected chi connectivity index (χ0v) is 16.2. The van der Waals surface area contributed by atoms with Crippen LogP contribution in [0.15, 0.2) is 59.8 Å². The Morgan fingerprint density at radius 1 is 1.10 bits per heavy atom. The van der Waals surface area contributed by atoms with Crippen LogP contribution in [0.25, 0.3) is 22.4 Å². The van der Waals surface area contributed by atoms with Crippen molar-refractivity contribution in [2.45, 2.75) is 17.4 Å². The molecule has 7 nitrogen and oxygen atoms in total. The zero-order chi connectivity index (χ0) is 20.6. The summed E-state index contributed by atoms with van der Waals surface area (Å²) >= 11 is 0. The number of hydrogen-bond donors (Lipinski definition) is 2. The highest BCUT2D eigenvalue weighted by molar-refractivity contribution is 7.89. The average molecular weight is 414 g/mol. The molecule has 9 heteroatoms. The first kappa shape index (κ1) is 19.4. The number of rotatable bonds is 4. The maximum atomic E-state index is 14.8. The number of β-amino-alcohol motifs (C(OH)–C–C–N with tert-alkyl or cyclic N) is 1. The summed E-state index contributed by atoms with van der Waals surface area (Å²) in [6.07, 6.45) is 2.45. The second kappa shape index (κ2) is 7.51. The molecule has 4 rings (SSSR count). The van der Waals surface area contributed by atoms with E-state index < -0.39 is 21.9 Å². The molecule has 29 heavy (non-hydrogen) atoms. The highest BCUT2D eigenvalue weighted by Gasteiger charge is 2.33. The summed E-state index contributed by atoms with van der Waals surface area (Å²) in [6, 6.07) is 10.9. The van der Waals surface area contributed by atoms with Crippen LogP contribution in [0.2, 0.25) is 0 Å². The van der Waals surface area contributed by atoms with Crippen LogP contribution >= 0.6 is 0 Å². The van der Waals surface area contributed by atoms with Crippen molar-refractivity contribution in [3.05, 3.63) is 60.7 Å². The Morgan fingerprint density at radius 2 is 1.90 bits per heavy atom. The standard InChI is InChI=1S/C20H19FN4O3S/c21-17-9-13(5-6-16(17)18-10-24-20(22)11-23-18)15-3-1-2-4-19(15)29(27,28)25-8-7-14(26)12-25/h1-6,9-11,14,26H,7-8,12H2,(H2,22,24)/t14-/m1/s1. The predicted octanol–water partition coefficient (Wildman–Crippen LogP) is 2.29. The van der Waals surface area contributed by atoms with Gasteiger partial charge in [0, 0.05) is 24.2 Å². The van der Waals surface area contributed by atoms with Crippen molar-refractivity contribution in [1.29, 1.82) is 0 Å². The van der Waals surface area contributed by atoms with Gasteiger partial charge in [0.05, 0.1) is 29.1 Å². The fraction of sp³-hybridized carbons (Fsp3) is 0.200. The maximum Gasteiger partial charge on any atom is 0.243 e. The molecule has 0 unspecified atom stereocenters. The molecule has 0 amide bonds. The molecule has 2 heterocycles.